The highest BCUT2D eigenvalue weighted by atomic mass is 16.4. The van der Waals surface area contributed by atoms with E-state index in [9.17, 15) is 14.4 Å². The van der Waals surface area contributed by atoms with Crippen LogP contribution >= 0.6 is 0 Å². The van der Waals surface area contributed by atoms with Crippen molar-refractivity contribution in [3.63, 3.8) is 0 Å². The van der Waals surface area contributed by atoms with Gasteiger partial charge in [-0.2, -0.15) is 5.10 Å². The molecule has 128 valence electrons. The van der Waals surface area contributed by atoms with Crippen molar-refractivity contribution in [3.05, 3.63) is 81.1 Å². The maximum atomic E-state index is 12.4. The highest BCUT2D eigenvalue weighted by molar-refractivity contribution is 5.96. The van der Waals surface area contributed by atoms with Crippen LogP contribution in [0.1, 0.15) is 5.69 Å². The summed E-state index contributed by atoms with van der Waals surface area (Å²) in [6.45, 7) is 0. The molecule has 2 heterocycles. The van der Waals surface area contributed by atoms with Gasteiger partial charge in [-0.15, -0.1) is 0 Å². The minimum atomic E-state index is -0.426. The van der Waals surface area contributed by atoms with E-state index in [1.165, 1.54) is 6.07 Å². The third kappa shape index (κ3) is 2.98. The van der Waals surface area contributed by atoms with Gasteiger partial charge in [0.15, 0.2) is 0 Å². The van der Waals surface area contributed by atoms with Crippen molar-refractivity contribution >= 4 is 33.3 Å². The average molecular weight is 347 g/mol. The van der Waals surface area contributed by atoms with Gasteiger partial charge in [0.2, 0.25) is 5.91 Å². The van der Waals surface area contributed by atoms with E-state index < -0.39 is 5.63 Å². The molecule has 2 aromatic heterocycles. The topological polar surface area (TPSA) is 105 Å². The lowest BCUT2D eigenvalue weighted by Crippen LogP contribution is -2.18. The highest BCUT2D eigenvalue weighted by Gasteiger charge is 2.11. The first-order valence-corrected chi connectivity index (χ1v) is 7.90. The lowest BCUT2D eigenvalue weighted by Gasteiger charge is -2.07. The van der Waals surface area contributed by atoms with Gasteiger partial charge in [0.25, 0.3) is 5.56 Å². The van der Waals surface area contributed by atoms with Gasteiger partial charge >= 0.3 is 5.63 Å². The molecule has 2 N–H and O–H groups in total. The fraction of sp³-hybridized carbons (Fsp3) is 0.0526. The zero-order valence-corrected chi connectivity index (χ0v) is 13.5. The van der Waals surface area contributed by atoms with Gasteiger partial charge in [0.05, 0.1) is 17.5 Å². The Kier molecular flexibility index (Phi) is 3.81. The summed E-state index contributed by atoms with van der Waals surface area (Å²) >= 11 is 0. The van der Waals surface area contributed by atoms with Crippen LogP contribution in [0.2, 0.25) is 0 Å². The number of rotatable bonds is 3. The predicted molar refractivity (Wildman–Crippen MR) is 97.2 cm³/mol. The summed E-state index contributed by atoms with van der Waals surface area (Å²) in [4.78, 5) is 35.4. The second kappa shape index (κ2) is 6.29. The highest BCUT2D eigenvalue weighted by Crippen LogP contribution is 2.18. The number of H-pyrrole nitrogens is 1. The SMILES string of the molecule is O=C(Cc1n[nH]c(=O)c2ccccc12)Nc1ccc2oc(=O)ccc2c1. The summed E-state index contributed by atoms with van der Waals surface area (Å²) < 4.78 is 5.06. The largest absolute Gasteiger partial charge is 0.423 e. The van der Waals surface area contributed by atoms with Crippen LogP contribution in [-0.2, 0) is 11.2 Å². The molecular formula is C19H13N3O4. The van der Waals surface area contributed by atoms with Crippen LogP contribution in [0, 0.1) is 0 Å². The Hall–Kier alpha value is -3.74. The van der Waals surface area contributed by atoms with Crippen LogP contribution in [0.15, 0.2) is 68.6 Å². The van der Waals surface area contributed by atoms with E-state index in [0.29, 0.717) is 33.1 Å². The van der Waals surface area contributed by atoms with Crippen molar-refractivity contribution in [2.24, 2.45) is 0 Å². The van der Waals surface area contributed by atoms with Crippen LogP contribution < -0.4 is 16.5 Å². The number of hydrogen-bond donors (Lipinski definition) is 2. The van der Waals surface area contributed by atoms with Gasteiger partial charge in [-0.3, -0.25) is 9.59 Å². The van der Waals surface area contributed by atoms with Crippen molar-refractivity contribution in [2.75, 3.05) is 5.32 Å². The molecule has 0 fully saturated rings. The van der Waals surface area contributed by atoms with Crippen molar-refractivity contribution in [1.82, 2.24) is 10.2 Å². The molecule has 7 nitrogen and oxygen atoms in total. The van der Waals surface area contributed by atoms with Crippen molar-refractivity contribution in [1.29, 1.82) is 0 Å². The van der Waals surface area contributed by atoms with E-state index in [1.807, 2.05) is 0 Å². The van der Waals surface area contributed by atoms with Gasteiger partial charge in [-0.05, 0) is 30.3 Å². The molecule has 0 unspecified atom stereocenters. The normalized spacial score (nSPS) is 10.9. The maximum Gasteiger partial charge on any atom is 0.336 e. The summed E-state index contributed by atoms with van der Waals surface area (Å²) in [5, 5.41) is 11.0. The summed E-state index contributed by atoms with van der Waals surface area (Å²) in [5.41, 5.74) is 0.796. The average Bonchev–Trinajstić information content (AvgIpc) is 2.64. The predicted octanol–water partition coefficient (Wildman–Crippen LogP) is 2.21. The molecule has 0 aliphatic rings. The number of aromatic amines is 1. The minimum absolute atomic E-state index is 0.0131. The summed E-state index contributed by atoms with van der Waals surface area (Å²) in [7, 11) is 0. The van der Waals surface area contributed by atoms with E-state index in [-0.39, 0.29) is 17.9 Å². The molecule has 0 saturated heterocycles. The van der Waals surface area contributed by atoms with E-state index >= 15 is 0 Å². The first-order chi connectivity index (χ1) is 12.6. The van der Waals surface area contributed by atoms with Crippen LogP contribution in [0.25, 0.3) is 21.7 Å². The van der Waals surface area contributed by atoms with E-state index in [2.05, 4.69) is 15.5 Å². The smallest absolute Gasteiger partial charge is 0.336 e. The molecule has 4 rings (SSSR count). The zero-order valence-electron chi connectivity index (χ0n) is 13.5. The van der Waals surface area contributed by atoms with Crippen molar-refractivity contribution in [3.8, 4) is 0 Å². The Morgan fingerprint density at radius 1 is 1.04 bits per heavy atom. The third-order valence-electron chi connectivity index (χ3n) is 4.01. The number of nitrogens with one attached hydrogen (secondary N) is 2. The van der Waals surface area contributed by atoms with E-state index in [0.717, 1.165) is 0 Å². The number of carbonyl (C=O) groups excluding carboxylic acids is 1. The summed E-state index contributed by atoms with van der Waals surface area (Å²) in [6.07, 6.45) is 0.0131. The van der Waals surface area contributed by atoms with Crippen LogP contribution in [-0.4, -0.2) is 16.1 Å². The standard InChI is InChI=1S/C19H13N3O4/c23-17(10-15-13-3-1-2-4-14(13)19(25)22-21-15)20-12-6-7-16-11(9-12)5-8-18(24)26-16/h1-9H,10H2,(H,20,23)(H,22,25). The molecule has 7 heteroatoms. The number of anilines is 1. The molecule has 1 amide bonds. The number of nitrogens with zero attached hydrogens (tertiary/aromatic N) is 1. The monoisotopic (exact) mass is 347 g/mol. The molecule has 0 bridgehead atoms. The number of hydrogen-bond acceptors (Lipinski definition) is 5. The molecule has 0 aliphatic heterocycles. The lowest BCUT2D eigenvalue weighted by molar-refractivity contribution is -0.115. The molecule has 0 saturated carbocycles. The molecule has 0 spiro atoms. The van der Waals surface area contributed by atoms with Gasteiger partial charge < -0.3 is 9.73 Å². The fourth-order valence-electron chi connectivity index (χ4n) is 2.81. The van der Waals surface area contributed by atoms with Crippen molar-refractivity contribution in [2.45, 2.75) is 6.42 Å². The Labute approximate surface area is 146 Å². The Bertz CT molecular complexity index is 1260. The Morgan fingerprint density at radius 2 is 1.85 bits per heavy atom. The molecule has 0 aliphatic carbocycles. The first kappa shape index (κ1) is 15.8. The molecule has 26 heavy (non-hydrogen) atoms. The number of aromatic nitrogens is 2. The molecule has 4 aromatic rings. The second-order valence-corrected chi connectivity index (χ2v) is 5.78. The maximum absolute atomic E-state index is 12.4. The number of benzene rings is 2. The number of carbonyl (C=O) groups is 1. The second-order valence-electron chi connectivity index (χ2n) is 5.78. The molecule has 0 radical (unpaired) electrons. The summed E-state index contributed by atoms with van der Waals surface area (Å²) in [5.74, 6) is -0.272. The first-order valence-electron chi connectivity index (χ1n) is 7.90. The van der Waals surface area contributed by atoms with Gasteiger partial charge in [-0.1, -0.05) is 18.2 Å². The fourth-order valence-corrected chi connectivity index (χ4v) is 2.81. The number of amides is 1. The quantitative estimate of drug-likeness (QED) is 0.553. The van der Waals surface area contributed by atoms with Crippen molar-refractivity contribution < 1.29 is 9.21 Å². The molecule has 2 aromatic carbocycles. The van der Waals surface area contributed by atoms with Gasteiger partial charge in [0, 0.05) is 22.5 Å². The lowest BCUT2D eigenvalue weighted by atomic mass is 10.1. The van der Waals surface area contributed by atoms with E-state index in [4.69, 9.17) is 4.42 Å². The van der Waals surface area contributed by atoms with E-state index in [1.54, 1.807) is 48.5 Å². The van der Waals surface area contributed by atoms with Crippen LogP contribution in [0.4, 0.5) is 5.69 Å². The third-order valence-corrected chi connectivity index (χ3v) is 4.01. The van der Waals surface area contributed by atoms with Crippen LogP contribution in [0.3, 0.4) is 0 Å². The zero-order chi connectivity index (χ0) is 18.1. The minimum Gasteiger partial charge on any atom is -0.423 e. The van der Waals surface area contributed by atoms with Gasteiger partial charge in [0.1, 0.15) is 5.58 Å². The Morgan fingerprint density at radius 3 is 2.69 bits per heavy atom. The van der Waals surface area contributed by atoms with Gasteiger partial charge in [-0.25, -0.2) is 9.89 Å². The molecular weight excluding hydrogens is 334 g/mol. The Balaban J connectivity index is 1.60. The molecule has 0 atom stereocenters. The number of fused-ring (bicyclic) bond motifs is 2. The summed E-state index contributed by atoms with van der Waals surface area (Å²) in [6, 6.07) is 15.0. The van der Waals surface area contributed by atoms with Crippen LogP contribution in [0.5, 0.6) is 0 Å².